The number of hydrogen-bond acceptors (Lipinski definition) is 3. The Bertz CT molecular complexity index is 1220. The molecule has 5 rings (SSSR count). The van der Waals surface area contributed by atoms with Crippen molar-refractivity contribution >= 4 is 11.6 Å². The molecule has 32 heavy (non-hydrogen) atoms. The van der Waals surface area contributed by atoms with Gasteiger partial charge in [-0.1, -0.05) is 18.2 Å². The van der Waals surface area contributed by atoms with Gasteiger partial charge < -0.3 is 13.9 Å². The Morgan fingerprint density at radius 2 is 1.94 bits per heavy atom. The van der Waals surface area contributed by atoms with E-state index in [1.54, 1.807) is 0 Å². The first-order chi connectivity index (χ1) is 15.7. The van der Waals surface area contributed by atoms with Crippen molar-refractivity contribution in [1.29, 1.82) is 0 Å². The molecule has 4 aromatic rings. The molecule has 0 bridgehead atoms. The Kier molecular flexibility index (Phi) is 5.75. The maximum absolute atomic E-state index is 13.3. The molecule has 0 spiro atoms. The highest BCUT2D eigenvalue weighted by atomic mass is 16.2. The average molecular weight is 428 g/mol. The Hall–Kier alpha value is -3.41. The summed E-state index contributed by atoms with van der Waals surface area (Å²) in [6.45, 7) is 4.36. The smallest absolute Gasteiger partial charge is 0.253 e. The molecule has 164 valence electrons. The summed E-state index contributed by atoms with van der Waals surface area (Å²) < 4.78 is 4.18. The SMILES string of the molecule is Cc1nccn1Cc1cccc(C(=O)N2CCCC(Cc3cccn4ccnc34)CC2)c1. The van der Waals surface area contributed by atoms with Gasteiger partial charge in [-0.15, -0.1) is 0 Å². The van der Waals surface area contributed by atoms with E-state index in [-0.39, 0.29) is 5.91 Å². The van der Waals surface area contributed by atoms with Gasteiger partial charge in [0.25, 0.3) is 5.91 Å². The summed E-state index contributed by atoms with van der Waals surface area (Å²) in [5.74, 6) is 1.70. The lowest BCUT2D eigenvalue weighted by Crippen LogP contribution is -2.32. The number of aryl methyl sites for hydroxylation is 1. The predicted molar refractivity (Wildman–Crippen MR) is 125 cm³/mol. The van der Waals surface area contributed by atoms with Crippen molar-refractivity contribution in [2.45, 2.75) is 39.2 Å². The van der Waals surface area contributed by atoms with E-state index in [0.717, 1.165) is 67.9 Å². The number of nitrogens with zero attached hydrogens (tertiary/aromatic N) is 5. The molecule has 4 heterocycles. The Morgan fingerprint density at radius 3 is 2.81 bits per heavy atom. The summed E-state index contributed by atoms with van der Waals surface area (Å²) in [7, 11) is 0. The van der Waals surface area contributed by atoms with Gasteiger partial charge in [-0.25, -0.2) is 9.97 Å². The molecule has 0 saturated carbocycles. The lowest BCUT2D eigenvalue weighted by atomic mass is 9.93. The molecule has 1 unspecified atom stereocenters. The monoisotopic (exact) mass is 427 g/mol. The Morgan fingerprint density at radius 1 is 1.03 bits per heavy atom. The van der Waals surface area contributed by atoms with Crippen molar-refractivity contribution in [3.8, 4) is 0 Å². The minimum atomic E-state index is 0.144. The van der Waals surface area contributed by atoms with Crippen LogP contribution in [0.1, 0.15) is 46.6 Å². The lowest BCUT2D eigenvalue weighted by Gasteiger charge is -2.21. The third-order valence-electron chi connectivity index (χ3n) is 6.59. The third-order valence-corrected chi connectivity index (χ3v) is 6.59. The first-order valence-electron chi connectivity index (χ1n) is 11.4. The van der Waals surface area contributed by atoms with E-state index in [1.165, 1.54) is 5.56 Å². The van der Waals surface area contributed by atoms with Crippen LogP contribution in [-0.4, -0.2) is 42.8 Å². The van der Waals surface area contributed by atoms with E-state index < -0.39 is 0 Å². The molecule has 6 nitrogen and oxygen atoms in total. The highest BCUT2D eigenvalue weighted by molar-refractivity contribution is 5.94. The van der Waals surface area contributed by atoms with Crippen molar-refractivity contribution in [2.75, 3.05) is 13.1 Å². The quantitative estimate of drug-likeness (QED) is 0.475. The summed E-state index contributed by atoms with van der Waals surface area (Å²) in [6.07, 6.45) is 13.9. The second kappa shape index (κ2) is 8.99. The molecule has 6 heteroatoms. The zero-order valence-electron chi connectivity index (χ0n) is 18.5. The van der Waals surface area contributed by atoms with Crippen molar-refractivity contribution in [2.24, 2.45) is 5.92 Å². The first kappa shape index (κ1) is 20.5. The zero-order valence-corrected chi connectivity index (χ0v) is 18.5. The molecule has 1 aliphatic heterocycles. The molecule has 1 aromatic carbocycles. The van der Waals surface area contributed by atoms with E-state index in [0.29, 0.717) is 5.92 Å². The van der Waals surface area contributed by atoms with Gasteiger partial charge in [0.15, 0.2) is 0 Å². The number of carbonyl (C=O) groups excluding carboxylic acids is 1. The van der Waals surface area contributed by atoms with Gasteiger partial charge in [-0.3, -0.25) is 4.79 Å². The van der Waals surface area contributed by atoms with E-state index >= 15 is 0 Å². The maximum atomic E-state index is 13.3. The molecule has 1 fully saturated rings. The molecule has 0 N–H and O–H groups in total. The van der Waals surface area contributed by atoms with E-state index in [1.807, 2.05) is 61.0 Å². The molecule has 1 aliphatic rings. The number of likely N-dealkylation sites (tertiary alicyclic amines) is 1. The molecule has 1 amide bonds. The van der Waals surface area contributed by atoms with Crippen molar-refractivity contribution in [3.63, 3.8) is 0 Å². The fourth-order valence-corrected chi connectivity index (χ4v) is 4.80. The maximum Gasteiger partial charge on any atom is 0.253 e. The molecule has 1 atom stereocenters. The molecule has 1 saturated heterocycles. The third kappa shape index (κ3) is 4.31. The van der Waals surface area contributed by atoms with Crippen LogP contribution in [0.2, 0.25) is 0 Å². The number of benzene rings is 1. The fraction of sp³-hybridized carbons (Fsp3) is 0.346. The lowest BCUT2D eigenvalue weighted by molar-refractivity contribution is 0.0760. The van der Waals surface area contributed by atoms with Crippen LogP contribution in [0, 0.1) is 12.8 Å². The molecular formula is C26H29N5O. The van der Waals surface area contributed by atoms with Gasteiger partial charge in [-0.05, 0) is 67.9 Å². The molecule has 0 aliphatic carbocycles. The van der Waals surface area contributed by atoms with Gasteiger partial charge in [0.1, 0.15) is 11.5 Å². The predicted octanol–water partition coefficient (Wildman–Crippen LogP) is 4.37. The van der Waals surface area contributed by atoms with E-state index in [2.05, 4.69) is 37.1 Å². The molecule has 0 radical (unpaired) electrons. The topological polar surface area (TPSA) is 55.4 Å². The zero-order chi connectivity index (χ0) is 21.9. The molecular weight excluding hydrogens is 398 g/mol. The number of hydrogen-bond donors (Lipinski definition) is 0. The summed E-state index contributed by atoms with van der Waals surface area (Å²) in [5, 5.41) is 0. The number of fused-ring (bicyclic) bond motifs is 1. The van der Waals surface area contributed by atoms with Crippen LogP contribution in [0.15, 0.2) is 67.4 Å². The van der Waals surface area contributed by atoms with Crippen LogP contribution in [-0.2, 0) is 13.0 Å². The summed E-state index contributed by atoms with van der Waals surface area (Å²) in [5.41, 5.74) is 4.25. The fourth-order valence-electron chi connectivity index (χ4n) is 4.80. The van der Waals surface area contributed by atoms with Gasteiger partial charge in [0.05, 0.1) is 0 Å². The van der Waals surface area contributed by atoms with Gasteiger partial charge in [0.2, 0.25) is 0 Å². The summed E-state index contributed by atoms with van der Waals surface area (Å²) in [4.78, 5) is 24.1. The van der Waals surface area contributed by atoms with Gasteiger partial charge >= 0.3 is 0 Å². The first-order valence-corrected chi connectivity index (χ1v) is 11.4. The normalized spacial score (nSPS) is 16.9. The highest BCUT2D eigenvalue weighted by Crippen LogP contribution is 2.24. The second-order valence-electron chi connectivity index (χ2n) is 8.79. The number of rotatable bonds is 5. The van der Waals surface area contributed by atoms with Crippen molar-refractivity contribution in [1.82, 2.24) is 23.8 Å². The van der Waals surface area contributed by atoms with Crippen LogP contribution in [0.5, 0.6) is 0 Å². The number of pyridine rings is 1. The highest BCUT2D eigenvalue weighted by Gasteiger charge is 2.22. The second-order valence-corrected chi connectivity index (χ2v) is 8.79. The molecule has 3 aromatic heterocycles. The van der Waals surface area contributed by atoms with Crippen LogP contribution in [0.3, 0.4) is 0 Å². The minimum Gasteiger partial charge on any atom is -0.339 e. The van der Waals surface area contributed by atoms with E-state index in [4.69, 9.17) is 0 Å². The standard InChI is InChI=1S/C26H29N5O/c1-20-27-10-16-31(20)19-22-5-2-7-24(18-22)26(32)30-13-3-6-21(9-14-30)17-23-8-4-12-29-15-11-28-25(23)29/h2,4-5,7-8,10-12,15-16,18,21H,3,6,9,13-14,17,19H2,1H3. The number of aromatic nitrogens is 4. The number of carbonyl (C=O) groups is 1. The van der Waals surface area contributed by atoms with Crippen molar-refractivity contribution in [3.05, 3.63) is 89.9 Å². The number of imidazole rings is 2. The largest absolute Gasteiger partial charge is 0.339 e. The summed E-state index contributed by atoms with van der Waals surface area (Å²) >= 11 is 0. The average Bonchev–Trinajstić information content (AvgIpc) is 3.38. The van der Waals surface area contributed by atoms with Crippen LogP contribution >= 0.6 is 0 Å². The van der Waals surface area contributed by atoms with Crippen molar-refractivity contribution < 1.29 is 4.79 Å². The Labute approximate surface area is 188 Å². The van der Waals surface area contributed by atoms with Gasteiger partial charge in [0, 0.05) is 56.2 Å². The Balaban J connectivity index is 1.24. The van der Waals surface area contributed by atoms with Gasteiger partial charge in [-0.2, -0.15) is 0 Å². The number of amides is 1. The van der Waals surface area contributed by atoms with Crippen LogP contribution in [0.4, 0.5) is 0 Å². The van der Waals surface area contributed by atoms with Crippen LogP contribution < -0.4 is 0 Å². The minimum absolute atomic E-state index is 0.144. The summed E-state index contributed by atoms with van der Waals surface area (Å²) in [6, 6.07) is 12.3. The van der Waals surface area contributed by atoms with E-state index in [9.17, 15) is 4.79 Å². The van der Waals surface area contributed by atoms with Crippen LogP contribution in [0.25, 0.3) is 5.65 Å².